The van der Waals surface area contributed by atoms with E-state index in [1.807, 2.05) is 0 Å². The van der Waals surface area contributed by atoms with Crippen molar-refractivity contribution in [1.29, 1.82) is 0 Å². The van der Waals surface area contributed by atoms with E-state index in [1.165, 1.54) is 9.47 Å². The van der Waals surface area contributed by atoms with E-state index >= 15 is 0 Å². The summed E-state index contributed by atoms with van der Waals surface area (Å²) in [4.78, 5) is 41.3. The van der Waals surface area contributed by atoms with Gasteiger partial charge in [-0.15, -0.1) is 0 Å². The third-order valence-electron chi connectivity index (χ3n) is 4.27. The van der Waals surface area contributed by atoms with Gasteiger partial charge in [-0.3, -0.25) is 14.2 Å². The first-order chi connectivity index (χ1) is 13.4. The summed E-state index contributed by atoms with van der Waals surface area (Å²) in [6.45, 7) is 1.70. The van der Waals surface area contributed by atoms with Crippen LogP contribution in [-0.4, -0.2) is 39.4 Å². The summed E-state index contributed by atoms with van der Waals surface area (Å²) in [5, 5.41) is 3.24. The van der Waals surface area contributed by atoms with E-state index in [0.717, 1.165) is 0 Å². The van der Waals surface area contributed by atoms with Crippen LogP contribution in [0.5, 0.6) is 0 Å². The Labute approximate surface area is 170 Å². The van der Waals surface area contributed by atoms with Crippen molar-refractivity contribution in [2.75, 3.05) is 18.4 Å². The number of anilines is 1. The fourth-order valence-electron chi connectivity index (χ4n) is 2.84. The van der Waals surface area contributed by atoms with Crippen molar-refractivity contribution in [3.8, 4) is 0 Å². The quantitative estimate of drug-likeness (QED) is 0.641. The molecule has 2 N–H and O–H groups in total. The topological polar surface area (TPSA) is 87.2 Å². The largest absolute Gasteiger partial charge is 0.332 e. The van der Waals surface area contributed by atoms with Crippen LogP contribution >= 0.6 is 23.2 Å². The lowest BCUT2D eigenvalue weighted by atomic mass is 10.3. The normalized spacial score (nSPS) is 10.8. The number of imidazole rings is 1. The van der Waals surface area contributed by atoms with Crippen molar-refractivity contribution in [2.24, 2.45) is 0 Å². The van der Waals surface area contributed by atoms with E-state index in [-0.39, 0.29) is 24.7 Å². The molecule has 0 unspecified atom stereocenters. The molecule has 28 heavy (non-hydrogen) atoms. The fraction of sp³-hybridized carbons (Fsp3) is 0.211. The number of H-pyrrole nitrogens is 1. The molecule has 9 heteroatoms. The summed E-state index contributed by atoms with van der Waals surface area (Å²) in [6.07, 6.45) is 0. The zero-order chi connectivity index (χ0) is 20.3. The summed E-state index contributed by atoms with van der Waals surface area (Å²) in [5.41, 5.74) is 1.20. The molecule has 0 fully saturated rings. The van der Waals surface area contributed by atoms with Crippen LogP contribution in [0.4, 0.5) is 5.69 Å². The number of carbonyl (C=O) groups excluding carboxylic acids is 2. The average molecular weight is 421 g/mol. The van der Waals surface area contributed by atoms with Gasteiger partial charge in [0.1, 0.15) is 6.54 Å². The van der Waals surface area contributed by atoms with Gasteiger partial charge in [0.25, 0.3) is 0 Å². The molecule has 0 atom stereocenters. The number of rotatable bonds is 6. The van der Waals surface area contributed by atoms with Crippen LogP contribution in [0.3, 0.4) is 0 Å². The highest BCUT2D eigenvalue weighted by Gasteiger charge is 2.19. The summed E-state index contributed by atoms with van der Waals surface area (Å²) in [7, 11) is 0. The van der Waals surface area contributed by atoms with Gasteiger partial charge in [-0.25, -0.2) is 4.79 Å². The fourth-order valence-corrected chi connectivity index (χ4v) is 3.34. The van der Waals surface area contributed by atoms with Gasteiger partial charge in [0.2, 0.25) is 11.8 Å². The van der Waals surface area contributed by atoms with Gasteiger partial charge in [0, 0.05) is 6.54 Å². The maximum absolute atomic E-state index is 12.7. The number of amides is 2. The molecular formula is C19H18Cl2N4O3. The Balaban J connectivity index is 1.72. The van der Waals surface area contributed by atoms with Gasteiger partial charge >= 0.3 is 5.69 Å². The highest BCUT2D eigenvalue weighted by atomic mass is 35.5. The van der Waals surface area contributed by atoms with Crippen molar-refractivity contribution >= 4 is 51.7 Å². The zero-order valence-corrected chi connectivity index (χ0v) is 16.5. The van der Waals surface area contributed by atoms with E-state index in [2.05, 4.69) is 10.3 Å². The lowest BCUT2D eigenvalue weighted by Gasteiger charge is -2.21. The monoisotopic (exact) mass is 420 g/mol. The molecule has 0 aliphatic carbocycles. The van der Waals surface area contributed by atoms with Crippen molar-refractivity contribution < 1.29 is 9.59 Å². The van der Waals surface area contributed by atoms with Gasteiger partial charge < -0.3 is 15.2 Å². The maximum atomic E-state index is 12.7. The Kier molecular flexibility index (Phi) is 6.06. The molecule has 0 aliphatic rings. The van der Waals surface area contributed by atoms with E-state index in [1.54, 1.807) is 49.4 Å². The number of carbonyl (C=O) groups is 2. The number of hydrogen-bond donors (Lipinski definition) is 2. The van der Waals surface area contributed by atoms with Crippen LogP contribution in [0.25, 0.3) is 11.0 Å². The SMILES string of the molecule is CCN(CC(=O)Nc1c(Cl)cccc1Cl)C(=O)Cn1c(=O)[nH]c2ccccc21. The molecule has 1 heterocycles. The van der Waals surface area contributed by atoms with Crippen molar-refractivity contribution in [3.05, 3.63) is 63.0 Å². The van der Waals surface area contributed by atoms with Crippen LogP contribution in [0.15, 0.2) is 47.3 Å². The number of halogens is 2. The van der Waals surface area contributed by atoms with Gasteiger partial charge in [-0.05, 0) is 31.2 Å². The molecule has 2 amide bonds. The van der Waals surface area contributed by atoms with E-state index in [4.69, 9.17) is 23.2 Å². The molecule has 0 bridgehead atoms. The highest BCUT2D eigenvalue weighted by Crippen LogP contribution is 2.29. The molecule has 2 aromatic carbocycles. The maximum Gasteiger partial charge on any atom is 0.326 e. The standard InChI is InChI=1S/C19H18Cl2N4O3/c1-2-24(10-16(26)23-18-12(20)6-5-7-13(18)21)17(27)11-25-15-9-4-3-8-14(15)22-19(25)28/h3-9H,2,10-11H2,1H3,(H,22,28)(H,23,26). The van der Waals surface area contributed by atoms with Gasteiger partial charge in [0.15, 0.2) is 0 Å². The predicted octanol–water partition coefficient (Wildman–Crippen LogP) is 3.12. The Bertz CT molecular complexity index is 1070. The molecular weight excluding hydrogens is 403 g/mol. The smallest absolute Gasteiger partial charge is 0.326 e. The van der Waals surface area contributed by atoms with Gasteiger partial charge in [0.05, 0.1) is 33.3 Å². The second kappa shape index (κ2) is 8.50. The number of nitrogens with one attached hydrogen (secondary N) is 2. The van der Waals surface area contributed by atoms with E-state index in [9.17, 15) is 14.4 Å². The third kappa shape index (κ3) is 4.21. The minimum Gasteiger partial charge on any atom is -0.332 e. The first-order valence-corrected chi connectivity index (χ1v) is 9.35. The molecule has 3 aromatic rings. The molecule has 3 rings (SSSR count). The average Bonchev–Trinajstić information content (AvgIpc) is 2.98. The molecule has 0 saturated carbocycles. The second-order valence-electron chi connectivity index (χ2n) is 6.09. The predicted molar refractivity (Wildman–Crippen MR) is 110 cm³/mol. The summed E-state index contributed by atoms with van der Waals surface area (Å²) < 4.78 is 1.35. The van der Waals surface area contributed by atoms with Crippen LogP contribution in [0, 0.1) is 0 Å². The van der Waals surface area contributed by atoms with Crippen molar-refractivity contribution in [2.45, 2.75) is 13.5 Å². The van der Waals surface area contributed by atoms with Gasteiger partial charge in [-0.1, -0.05) is 41.4 Å². The molecule has 0 spiro atoms. The number of fused-ring (bicyclic) bond motifs is 1. The molecule has 0 aliphatic heterocycles. The highest BCUT2D eigenvalue weighted by molar-refractivity contribution is 6.39. The minimum absolute atomic E-state index is 0.170. The number of aromatic nitrogens is 2. The Morgan fingerprint density at radius 2 is 1.79 bits per heavy atom. The van der Waals surface area contributed by atoms with Crippen LogP contribution in [-0.2, 0) is 16.1 Å². The number of benzene rings is 2. The summed E-state index contributed by atoms with van der Waals surface area (Å²) in [5.74, 6) is -0.786. The lowest BCUT2D eigenvalue weighted by Crippen LogP contribution is -2.40. The summed E-state index contributed by atoms with van der Waals surface area (Å²) >= 11 is 12.1. The van der Waals surface area contributed by atoms with Gasteiger partial charge in [-0.2, -0.15) is 0 Å². The number of likely N-dealkylation sites (N-methyl/N-ethyl adjacent to an activating group) is 1. The second-order valence-corrected chi connectivity index (χ2v) is 6.90. The minimum atomic E-state index is -0.434. The van der Waals surface area contributed by atoms with Crippen LogP contribution in [0.1, 0.15) is 6.92 Å². The molecule has 0 saturated heterocycles. The van der Waals surface area contributed by atoms with Crippen LogP contribution < -0.4 is 11.0 Å². The first kappa shape index (κ1) is 20.0. The lowest BCUT2D eigenvalue weighted by molar-refractivity contribution is -0.135. The molecule has 0 radical (unpaired) electrons. The van der Waals surface area contributed by atoms with Crippen molar-refractivity contribution in [1.82, 2.24) is 14.5 Å². The van der Waals surface area contributed by atoms with E-state index in [0.29, 0.717) is 33.3 Å². The van der Waals surface area contributed by atoms with E-state index < -0.39 is 5.91 Å². The van der Waals surface area contributed by atoms with Crippen LogP contribution in [0.2, 0.25) is 10.0 Å². The zero-order valence-electron chi connectivity index (χ0n) is 15.0. The van der Waals surface area contributed by atoms with Crippen molar-refractivity contribution in [3.63, 3.8) is 0 Å². The molecule has 1 aromatic heterocycles. The Hall–Kier alpha value is -2.77. The number of nitrogens with zero attached hydrogens (tertiary/aromatic N) is 2. The number of aromatic amines is 1. The summed E-state index contributed by atoms with van der Waals surface area (Å²) in [6, 6.07) is 12.0. The Morgan fingerprint density at radius 1 is 1.11 bits per heavy atom. The molecule has 7 nitrogen and oxygen atoms in total. The number of hydrogen-bond acceptors (Lipinski definition) is 3. The first-order valence-electron chi connectivity index (χ1n) is 8.60. The third-order valence-corrected chi connectivity index (χ3v) is 4.90. The Morgan fingerprint density at radius 3 is 2.46 bits per heavy atom. The number of para-hydroxylation sites is 3. The molecule has 146 valence electrons.